The molecule has 2 aliphatic rings. The fourth-order valence-corrected chi connectivity index (χ4v) is 7.91. The number of hydrogen-bond donors (Lipinski definition) is 0. The summed E-state index contributed by atoms with van der Waals surface area (Å²) >= 11 is 6.83. The van der Waals surface area contributed by atoms with Gasteiger partial charge in [-0.1, -0.05) is 71.3 Å². The molecule has 0 unspecified atom stereocenters. The Bertz CT molecular complexity index is 1090. The van der Waals surface area contributed by atoms with E-state index in [1.807, 2.05) is 13.8 Å². The Morgan fingerprint density at radius 2 is 0.933 bits per heavy atom. The molecule has 0 fully saturated rings. The fourth-order valence-electron chi connectivity index (χ4n) is 3.02. The van der Waals surface area contributed by atoms with Gasteiger partial charge in [0.05, 0.1) is 21.7 Å². The number of aromatic nitrogens is 2. The SMILES string of the molecule is CCOc1nc(=C2Sc3ccccc3S2)c(OCC)nc1=C1Sc2ccccc2S1. The van der Waals surface area contributed by atoms with Crippen molar-refractivity contribution in [1.29, 1.82) is 0 Å². The molecule has 1 aromatic heterocycles. The molecule has 0 bridgehead atoms. The molecule has 152 valence electrons. The molecule has 3 aromatic rings. The summed E-state index contributed by atoms with van der Waals surface area (Å²) in [6, 6.07) is 16.7. The van der Waals surface area contributed by atoms with Crippen molar-refractivity contribution in [2.45, 2.75) is 33.4 Å². The molecular formula is C22H18N2O2S4. The van der Waals surface area contributed by atoms with Crippen molar-refractivity contribution < 1.29 is 9.47 Å². The second kappa shape index (κ2) is 8.78. The van der Waals surface area contributed by atoms with Crippen LogP contribution in [-0.4, -0.2) is 23.2 Å². The van der Waals surface area contributed by atoms with Gasteiger partial charge in [0.2, 0.25) is 11.8 Å². The van der Waals surface area contributed by atoms with Gasteiger partial charge in [0.25, 0.3) is 0 Å². The fraction of sp³-hybridized carbons (Fsp3) is 0.182. The van der Waals surface area contributed by atoms with Crippen LogP contribution in [0.1, 0.15) is 13.8 Å². The Labute approximate surface area is 192 Å². The number of hydrogen-bond acceptors (Lipinski definition) is 8. The van der Waals surface area contributed by atoms with Crippen molar-refractivity contribution in [3.63, 3.8) is 0 Å². The van der Waals surface area contributed by atoms with Gasteiger partial charge in [-0.2, -0.15) is 0 Å². The summed E-state index contributed by atoms with van der Waals surface area (Å²) in [5.74, 6) is 1.12. The minimum absolute atomic E-state index is 0.528. The lowest BCUT2D eigenvalue weighted by Crippen LogP contribution is -2.26. The lowest BCUT2D eigenvalue weighted by molar-refractivity contribution is 0.301. The Hall–Kier alpha value is -1.74. The van der Waals surface area contributed by atoms with E-state index in [-0.39, 0.29) is 0 Å². The Morgan fingerprint density at radius 1 is 0.600 bits per heavy atom. The number of ether oxygens (including phenoxy) is 2. The molecule has 3 heterocycles. The van der Waals surface area contributed by atoms with Crippen LogP contribution in [0.4, 0.5) is 0 Å². The predicted octanol–water partition coefficient (Wildman–Crippen LogP) is 5.20. The molecule has 0 saturated carbocycles. The van der Waals surface area contributed by atoms with Crippen LogP contribution in [0.2, 0.25) is 0 Å². The highest BCUT2D eigenvalue weighted by Crippen LogP contribution is 2.52. The maximum absolute atomic E-state index is 5.95. The molecule has 0 spiro atoms. The van der Waals surface area contributed by atoms with Crippen molar-refractivity contribution in [3.05, 3.63) is 59.2 Å². The molecule has 30 heavy (non-hydrogen) atoms. The van der Waals surface area contributed by atoms with Crippen molar-refractivity contribution in [1.82, 2.24) is 9.97 Å². The summed E-state index contributed by atoms with van der Waals surface area (Å²) in [6.45, 7) is 5.00. The largest absolute Gasteiger partial charge is 0.476 e. The minimum atomic E-state index is 0.528. The molecule has 0 radical (unpaired) electrons. The molecule has 0 aliphatic carbocycles. The van der Waals surface area contributed by atoms with Gasteiger partial charge in [-0.15, -0.1) is 0 Å². The number of fused-ring (bicyclic) bond motifs is 2. The number of nitrogens with zero attached hydrogens (tertiary/aromatic N) is 2. The Kier molecular flexibility index (Phi) is 5.91. The minimum Gasteiger partial charge on any atom is -0.476 e. The van der Waals surface area contributed by atoms with Crippen LogP contribution in [-0.2, 0) is 0 Å². The summed E-state index contributed by atoms with van der Waals surface area (Å²) in [7, 11) is 0. The summed E-state index contributed by atoms with van der Waals surface area (Å²) in [6.07, 6.45) is 0. The van der Waals surface area contributed by atoms with Crippen LogP contribution in [0.15, 0.2) is 68.1 Å². The number of thioether (sulfide) groups is 4. The summed E-state index contributed by atoms with van der Waals surface area (Å²) in [4.78, 5) is 14.8. The molecule has 5 rings (SSSR count). The van der Waals surface area contributed by atoms with Crippen LogP contribution < -0.4 is 20.2 Å². The number of rotatable bonds is 4. The van der Waals surface area contributed by atoms with E-state index in [0.29, 0.717) is 25.0 Å². The first-order valence-corrected chi connectivity index (χ1v) is 12.8. The summed E-state index contributed by atoms with van der Waals surface area (Å²) in [5.41, 5.74) is 0. The van der Waals surface area contributed by atoms with Gasteiger partial charge in [0.15, 0.2) is 0 Å². The van der Waals surface area contributed by atoms with E-state index in [9.17, 15) is 0 Å². The Morgan fingerprint density at radius 3 is 1.23 bits per heavy atom. The number of benzene rings is 2. The van der Waals surface area contributed by atoms with Crippen molar-refractivity contribution in [3.8, 4) is 11.8 Å². The quantitative estimate of drug-likeness (QED) is 0.515. The van der Waals surface area contributed by atoms with Crippen LogP contribution in [0.25, 0.3) is 8.47 Å². The maximum Gasteiger partial charge on any atom is 0.242 e. The Balaban J connectivity index is 1.69. The normalized spacial score (nSPS) is 14.6. The van der Waals surface area contributed by atoms with Crippen molar-refractivity contribution in [2.24, 2.45) is 0 Å². The van der Waals surface area contributed by atoms with Gasteiger partial charge >= 0.3 is 0 Å². The molecule has 0 N–H and O–H groups in total. The van der Waals surface area contributed by atoms with Gasteiger partial charge in [-0.25, -0.2) is 9.97 Å². The highest BCUT2D eigenvalue weighted by atomic mass is 32.2. The third-order valence-electron chi connectivity index (χ3n) is 4.29. The predicted molar refractivity (Wildman–Crippen MR) is 127 cm³/mol. The van der Waals surface area contributed by atoms with E-state index < -0.39 is 0 Å². The molecule has 4 nitrogen and oxygen atoms in total. The highest BCUT2D eigenvalue weighted by Gasteiger charge is 2.24. The van der Waals surface area contributed by atoms with E-state index in [0.717, 1.165) is 19.2 Å². The monoisotopic (exact) mass is 470 g/mol. The average molecular weight is 471 g/mol. The van der Waals surface area contributed by atoms with E-state index >= 15 is 0 Å². The topological polar surface area (TPSA) is 44.2 Å². The van der Waals surface area contributed by atoms with Crippen molar-refractivity contribution in [2.75, 3.05) is 13.2 Å². The van der Waals surface area contributed by atoms with Crippen LogP contribution >= 0.6 is 47.0 Å². The summed E-state index contributed by atoms with van der Waals surface area (Å²) in [5, 5.41) is 1.50. The molecule has 8 heteroatoms. The molecule has 2 aromatic carbocycles. The molecule has 2 aliphatic heterocycles. The van der Waals surface area contributed by atoms with Gasteiger partial charge in [-0.05, 0) is 38.1 Å². The molecule has 0 amide bonds. The zero-order valence-corrected chi connectivity index (χ0v) is 19.6. The first-order valence-electron chi connectivity index (χ1n) is 9.58. The third-order valence-corrected chi connectivity index (χ3v) is 9.37. The zero-order chi connectivity index (χ0) is 20.5. The second-order valence-electron chi connectivity index (χ2n) is 6.27. The summed E-state index contributed by atoms with van der Waals surface area (Å²) < 4.78 is 14.0. The maximum atomic E-state index is 5.95. The van der Waals surface area contributed by atoms with Crippen LogP contribution in [0.3, 0.4) is 0 Å². The van der Waals surface area contributed by atoms with E-state index in [1.165, 1.54) is 19.6 Å². The van der Waals surface area contributed by atoms with E-state index in [2.05, 4.69) is 48.5 Å². The van der Waals surface area contributed by atoms with Crippen LogP contribution in [0.5, 0.6) is 11.8 Å². The smallest absolute Gasteiger partial charge is 0.242 e. The lowest BCUT2D eigenvalue weighted by atomic mass is 10.4. The second-order valence-corrected chi connectivity index (χ2v) is 11.0. The lowest BCUT2D eigenvalue weighted by Gasteiger charge is -2.09. The first-order chi connectivity index (χ1) is 14.8. The first kappa shape index (κ1) is 20.2. The van der Waals surface area contributed by atoms with E-state index in [4.69, 9.17) is 19.4 Å². The highest BCUT2D eigenvalue weighted by molar-refractivity contribution is 8.32. The van der Waals surface area contributed by atoms with E-state index in [1.54, 1.807) is 47.0 Å². The van der Waals surface area contributed by atoms with Gasteiger partial charge in [-0.3, -0.25) is 0 Å². The molecule has 0 atom stereocenters. The zero-order valence-electron chi connectivity index (χ0n) is 16.4. The van der Waals surface area contributed by atoms with Gasteiger partial charge in [0.1, 0.15) is 10.7 Å². The van der Waals surface area contributed by atoms with Crippen molar-refractivity contribution >= 4 is 55.5 Å². The standard InChI is InChI=1S/C22H18N2O2S4/c1-3-25-19-17(21-27-13-9-5-6-10-14(13)28-21)24-20(26-4-2)18(23-19)22-29-15-11-7-8-12-16(15)30-22/h5-12H,3-4H2,1-2H3. The third kappa shape index (κ3) is 3.82. The van der Waals surface area contributed by atoms with Crippen LogP contribution in [0, 0.1) is 0 Å². The average Bonchev–Trinajstić information content (AvgIpc) is 3.38. The molecular weight excluding hydrogens is 453 g/mol. The molecule has 0 saturated heterocycles. The van der Waals surface area contributed by atoms with Gasteiger partial charge in [0, 0.05) is 19.6 Å². The van der Waals surface area contributed by atoms with Gasteiger partial charge < -0.3 is 9.47 Å².